The Hall–Kier alpha value is 0.709. The second kappa shape index (κ2) is 0.479. The van der Waals surface area contributed by atoms with Crippen molar-refractivity contribution in [2.24, 2.45) is 0 Å². The average Bonchev–Trinajstić information content (AvgIpc) is 3.48. The first-order valence-corrected chi connectivity index (χ1v) is 23.8. The van der Waals surface area contributed by atoms with Crippen LogP contribution in [0.2, 0.25) is 95.3 Å². The summed E-state index contributed by atoms with van der Waals surface area (Å²) in [4.78, 5) is 39.5. The van der Waals surface area contributed by atoms with Crippen molar-refractivity contribution in [3.05, 3.63) is 0 Å². The SMILES string of the molecule is O=C([C]12[CH]3[CH]4[CH]5[CH]1[Fe]45321678[CH]2[CH]1[CH]6[CH]7[CH]28)[C]12[CH]3[CH]4[CH]5[CH]1[Fe]45321678[CH]2[CH]1[CH]6[CH]7[CH]28. The van der Waals surface area contributed by atoms with Crippen molar-refractivity contribution in [2.75, 3.05) is 0 Å². The van der Waals surface area contributed by atoms with E-state index in [0.717, 1.165) is 0 Å². The number of hydrogen-bond acceptors (Lipinski definition) is 1. The first-order chi connectivity index (χ1) is 11.2. The number of ketones is 1. The summed E-state index contributed by atoms with van der Waals surface area (Å²) >= 11 is 0. The molecule has 0 saturated carbocycles. The molecule has 20 rings (SSSR count). The summed E-state index contributed by atoms with van der Waals surface area (Å²) in [5.74, 6) is 1.29. The Morgan fingerprint density at radius 3 is 0.833 bits per heavy atom. The van der Waals surface area contributed by atoms with Crippen LogP contribution in [0.5, 0.6) is 0 Å². The van der Waals surface area contributed by atoms with Crippen molar-refractivity contribution in [1.82, 2.24) is 0 Å². The zero-order valence-corrected chi connectivity index (χ0v) is 15.2. The zero-order chi connectivity index (χ0) is 13.6. The number of carbonyl (C=O) groups is 1. The van der Waals surface area contributed by atoms with Crippen LogP contribution in [0.25, 0.3) is 0 Å². The normalized spacial score (nSPS) is 164. The molecular weight excluding hydrogens is 380 g/mol. The van der Waals surface area contributed by atoms with Crippen LogP contribution in [0.1, 0.15) is 0 Å². The summed E-state index contributed by atoms with van der Waals surface area (Å²) in [6, 6.07) is 0. The van der Waals surface area contributed by atoms with Crippen LogP contribution in [-0.2, 0) is 17.8 Å². The van der Waals surface area contributed by atoms with Crippen molar-refractivity contribution < 1.29 is 17.8 Å². The van der Waals surface area contributed by atoms with Gasteiger partial charge in [-0.3, -0.25) is 0 Å². The molecule has 3 heteroatoms. The standard InChI is InChI=1S/C11H8O.2C5H5.2Fe/c12-11(9-5-1-2-6-9)10-7-3-4-8-10;2*1-2-4-5-3-1;;/h1-8H;2*1-5H;;. The predicted molar refractivity (Wildman–Crippen MR) is 77.9 cm³/mol. The summed E-state index contributed by atoms with van der Waals surface area (Å²) in [6.07, 6.45) is 0. The molecule has 0 N–H and O–H groups in total. The number of rotatable bonds is 2. The third-order valence-corrected chi connectivity index (χ3v) is 115. The Bertz CT molecular complexity index is 1760. The van der Waals surface area contributed by atoms with Crippen LogP contribution < -0.4 is 0 Å². The molecule has 0 aliphatic carbocycles. The van der Waals surface area contributed by atoms with Gasteiger partial charge in [0.05, 0.1) is 0 Å². The maximum absolute atomic E-state index is 15.0. The van der Waals surface area contributed by atoms with E-state index in [-0.39, 0.29) is 0 Å². The molecule has 0 bridgehead atoms. The first-order valence-electron chi connectivity index (χ1n) is 11.2. The minimum absolute atomic E-state index is 0.664. The van der Waals surface area contributed by atoms with E-state index < -0.39 is 13.0 Å². The van der Waals surface area contributed by atoms with E-state index in [1.54, 1.807) is 0 Å². The van der Waals surface area contributed by atoms with Gasteiger partial charge in [0, 0.05) is 0 Å². The van der Waals surface area contributed by atoms with Gasteiger partial charge in [-0.1, -0.05) is 0 Å². The van der Waals surface area contributed by atoms with Crippen molar-refractivity contribution in [3.63, 3.8) is 0 Å². The quantitative estimate of drug-likeness (QED) is 0.516. The molecule has 0 aromatic rings. The van der Waals surface area contributed by atoms with Crippen LogP contribution in [0.15, 0.2) is 0 Å². The molecule has 20 aliphatic heterocycles. The second-order valence-corrected chi connectivity index (χ2v) is 66.8. The number of carbonyl (C=O) groups excluding carboxylic acids is 1. The number of fused-ring (bicyclic) bond motifs is 20. The summed E-state index contributed by atoms with van der Waals surface area (Å²) < 4.78 is 1.33. The monoisotopic (exact) mass is 398 g/mol. The molecule has 20 heterocycles. The molecule has 24 heavy (non-hydrogen) atoms. The first kappa shape index (κ1) is 7.27. The van der Waals surface area contributed by atoms with Crippen LogP contribution in [0, 0.1) is 0 Å². The van der Waals surface area contributed by atoms with Gasteiger partial charge in [0.15, 0.2) is 0 Å². The topological polar surface area (TPSA) is 17.1 Å². The molecule has 1 nitrogen and oxygen atoms in total. The molecule has 0 amide bonds. The van der Waals surface area contributed by atoms with Crippen LogP contribution in [0.3, 0.4) is 0 Å². The number of hydrogen-bond donors (Lipinski definition) is 0. The van der Waals surface area contributed by atoms with E-state index in [4.69, 9.17) is 0 Å². The molecule has 20 saturated heterocycles. The third-order valence-electron chi connectivity index (χ3n) is 30.0. The molecule has 8 atom stereocenters. The van der Waals surface area contributed by atoms with Crippen molar-refractivity contribution in [3.8, 4) is 0 Å². The molecule has 0 aromatic carbocycles. The van der Waals surface area contributed by atoms with Gasteiger partial charge < -0.3 is 0 Å². The fourth-order valence-electron chi connectivity index (χ4n) is 33.9. The zero-order valence-electron chi connectivity index (χ0n) is 13.0. The minimum atomic E-state index is -3.18. The predicted octanol–water partition coefficient (Wildman–Crippen LogP) is 6.07. The molecule has 20 fully saturated rings. The van der Waals surface area contributed by atoms with Gasteiger partial charge in [-0.15, -0.1) is 0 Å². The fourth-order valence-corrected chi connectivity index (χ4v) is 182. The summed E-state index contributed by atoms with van der Waals surface area (Å²) in [7, 11) is 0. The van der Waals surface area contributed by atoms with Crippen LogP contribution in [0.4, 0.5) is 0 Å². The molecule has 0 aromatic heterocycles. The average molecular weight is 398 g/mol. The van der Waals surface area contributed by atoms with Crippen LogP contribution >= 0.6 is 0 Å². The molecule has 20 aliphatic rings. The molecular formula is C21H18Fe2O. The molecule has 8 unspecified atom stereocenters. The van der Waals surface area contributed by atoms with Gasteiger partial charge in [-0.25, -0.2) is 0 Å². The van der Waals surface area contributed by atoms with E-state index in [1.165, 1.54) is 92.5 Å². The Balaban J connectivity index is 1.20. The Morgan fingerprint density at radius 1 is 0.458 bits per heavy atom. The Kier molecular flexibility index (Phi) is 0.145. The van der Waals surface area contributed by atoms with Crippen molar-refractivity contribution in [2.45, 2.75) is 95.3 Å². The molecule has 124 valence electrons. The van der Waals surface area contributed by atoms with E-state index >= 15 is 4.79 Å². The van der Waals surface area contributed by atoms with Gasteiger partial charge in [0.2, 0.25) is 0 Å². The molecule has 0 radical (unpaired) electrons. The van der Waals surface area contributed by atoms with Crippen molar-refractivity contribution in [1.29, 1.82) is 0 Å². The van der Waals surface area contributed by atoms with E-state index in [1.807, 2.05) is 0 Å². The Labute approximate surface area is 118 Å². The van der Waals surface area contributed by atoms with Gasteiger partial charge >= 0.3 is 119 Å². The second-order valence-electron chi connectivity index (χ2n) is 19.7. The van der Waals surface area contributed by atoms with Gasteiger partial charge in [0.25, 0.3) is 0 Å². The van der Waals surface area contributed by atoms with E-state index in [0.29, 0.717) is 8.63 Å². The Morgan fingerprint density at radius 2 is 0.708 bits per heavy atom. The summed E-state index contributed by atoms with van der Waals surface area (Å²) in [6.45, 7) is -6.35. The van der Waals surface area contributed by atoms with Gasteiger partial charge in [-0.2, -0.15) is 0 Å². The van der Waals surface area contributed by atoms with E-state index in [2.05, 4.69) is 0 Å². The van der Waals surface area contributed by atoms with Gasteiger partial charge in [0.1, 0.15) is 0 Å². The fraction of sp³-hybridized carbons (Fsp3) is 0.952. The molecule has 2 spiro atoms. The van der Waals surface area contributed by atoms with Crippen LogP contribution in [-0.4, -0.2) is 5.78 Å². The third kappa shape index (κ3) is 0.0556. The van der Waals surface area contributed by atoms with E-state index in [9.17, 15) is 0 Å². The summed E-state index contributed by atoms with van der Waals surface area (Å²) in [5, 5.41) is 0. The van der Waals surface area contributed by atoms with Gasteiger partial charge in [-0.05, 0) is 0 Å². The number of Topliss-reactive ketones (excluding diaryl/α,β-unsaturated/α-hetero) is 1. The van der Waals surface area contributed by atoms with Crippen molar-refractivity contribution >= 4 is 5.78 Å². The summed E-state index contributed by atoms with van der Waals surface area (Å²) in [5.41, 5.74) is 0. The maximum atomic E-state index is 15.0.